The smallest absolute Gasteiger partial charge is 0.220 e. The van der Waals surface area contributed by atoms with Gasteiger partial charge in [0.15, 0.2) is 5.82 Å². The van der Waals surface area contributed by atoms with Gasteiger partial charge in [0.25, 0.3) is 0 Å². The lowest BCUT2D eigenvalue weighted by Crippen LogP contribution is -2.41. The van der Waals surface area contributed by atoms with E-state index in [2.05, 4.69) is 34.3 Å². The average Bonchev–Trinajstić information content (AvgIpc) is 3.10. The van der Waals surface area contributed by atoms with Crippen molar-refractivity contribution in [1.82, 2.24) is 25.1 Å². The van der Waals surface area contributed by atoms with E-state index < -0.39 is 0 Å². The van der Waals surface area contributed by atoms with Crippen molar-refractivity contribution in [3.63, 3.8) is 0 Å². The number of aryl methyl sites for hydroxylation is 1. The second kappa shape index (κ2) is 8.56. The van der Waals surface area contributed by atoms with Gasteiger partial charge in [-0.05, 0) is 66.4 Å². The molecule has 1 aliphatic rings. The number of primary amides is 1. The molecule has 1 atom stereocenters. The van der Waals surface area contributed by atoms with Crippen LogP contribution in [0.5, 0.6) is 0 Å². The maximum atomic E-state index is 13.5. The standard InChI is InChI=1S/C19H27FN6O/c1-13(2)7-12-26-19(22-23-24-26)17(14-3-5-16(20)6-4-14)25-10-8-15(9-11-25)18(21)27/h3-6,13,15,17H,7-12H2,1-2H3,(H2,21,27)/t17-/m1/s1. The minimum atomic E-state index is -0.274. The van der Waals surface area contributed by atoms with Gasteiger partial charge in [0.05, 0.1) is 6.04 Å². The number of aromatic nitrogens is 4. The van der Waals surface area contributed by atoms with Crippen molar-refractivity contribution >= 4 is 5.91 Å². The Kier molecular flexibility index (Phi) is 6.15. The third-order valence-corrected chi connectivity index (χ3v) is 5.21. The molecule has 0 unspecified atom stereocenters. The maximum Gasteiger partial charge on any atom is 0.220 e. The van der Waals surface area contributed by atoms with Gasteiger partial charge in [-0.1, -0.05) is 26.0 Å². The van der Waals surface area contributed by atoms with E-state index >= 15 is 0 Å². The van der Waals surface area contributed by atoms with Crippen LogP contribution >= 0.6 is 0 Å². The van der Waals surface area contributed by atoms with E-state index in [4.69, 9.17) is 5.73 Å². The first-order valence-electron chi connectivity index (χ1n) is 9.50. The summed E-state index contributed by atoms with van der Waals surface area (Å²) in [6, 6.07) is 6.30. The average molecular weight is 374 g/mol. The van der Waals surface area contributed by atoms with Crippen molar-refractivity contribution in [2.75, 3.05) is 13.1 Å². The fourth-order valence-electron chi connectivity index (χ4n) is 3.56. The predicted molar refractivity (Wildman–Crippen MR) is 99.0 cm³/mol. The van der Waals surface area contributed by atoms with Crippen LogP contribution in [0.3, 0.4) is 0 Å². The van der Waals surface area contributed by atoms with Crippen molar-refractivity contribution in [3.05, 3.63) is 41.5 Å². The molecule has 27 heavy (non-hydrogen) atoms. The van der Waals surface area contributed by atoms with Crippen molar-refractivity contribution in [3.8, 4) is 0 Å². The Morgan fingerprint density at radius 1 is 1.26 bits per heavy atom. The maximum absolute atomic E-state index is 13.5. The number of hydrogen-bond donors (Lipinski definition) is 1. The van der Waals surface area contributed by atoms with E-state index in [0.29, 0.717) is 31.8 Å². The van der Waals surface area contributed by atoms with E-state index in [-0.39, 0.29) is 23.7 Å². The van der Waals surface area contributed by atoms with Gasteiger partial charge in [-0.2, -0.15) is 0 Å². The van der Waals surface area contributed by atoms with Gasteiger partial charge in [-0.25, -0.2) is 9.07 Å². The molecular formula is C19H27FN6O. The molecule has 1 aromatic carbocycles. The molecule has 2 aromatic rings. The number of benzene rings is 1. The van der Waals surface area contributed by atoms with Crippen LogP contribution in [0, 0.1) is 17.7 Å². The minimum absolute atomic E-state index is 0.0907. The van der Waals surface area contributed by atoms with Gasteiger partial charge in [0.2, 0.25) is 5.91 Å². The van der Waals surface area contributed by atoms with Crippen LogP contribution < -0.4 is 5.73 Å². The molecular weight excluding hydrogens is 347 g/mol. The summed E-state index contributed by atoms with van der Waals surface area (Å²) in [6.45, 7) is 6.49. The van der Waals surface area contributed by atoms with Crippen LogP contribution in [0.4, 0.5) is 4.39 Å². The van der Waals surface area contributed by atoms with Crippen LogP contribution in [-0.2, 0) is 11.3 Å². The molecule has 8 heteroatoms. The number of carbonyl (C=O) groups is 1. The number of carbonyl (C=O) groups excluding carboxylic acids is 1. The quantitative estimate of drug-likeness (QED) is 0.802. The topological polar surface area (TPSA) is 89.9 Å². The Balaban J connectivity index is 1.89. The van der Waals surface area contributed by atoms with E-state index in [9.17, 15) is 9.18 Å². The molecule has 0 spiro atoms. The Morgan fingerprint density at radius 2 is 1.93 bits per heavy atom. The molecule has 7 nitrogen and oxygen atoms in total. The lowest BCUT2D eigenvalue weighted by atomic mass is 9.93. The monoisotopic (exact) mass is 374 g/mol. The zero-order chi connectivity index (χ0) is 19.4. The Morgan fingerprint density at radius 3 is 2.52 bits per heavy atom. The largest absolute Gasteiger partial charge is 0.369 e. The molecule has 1 amide bonds. The summed E-state index contributed by atoms with van der Waals surface area (Å²) in [6.07, 6.45) is 2.39. The van der Waals surface area contributed by atoms with Gasteiger partial charge < -0.3 is 5.73 Å². The highest BCUT2D eigenvalue weighted by Crippen LogP contribution is 2.31. The normalized spacial score (nSPS) is 17.3. The zero-order valence-corrected chi connectivity index (χ0v) is 15.9. The van der Waals surface area contributed by atoms with Crippen LogP contribution in [0.2, 0.25) is 0 Å². The summed E-state index contributed by atoms with van der Waals surface area (Å²) >= 11 is 0. The summed E-state index contributed by atoms with van der Waals surface area (Å²) in [5.41, 5.74) is 6.41. The van der Waals surface area contributed by atoms with Gasteiger partial charge in [0, 0.05) is 12.5 Å². The third-order valence-electron chi connectivity index (χ3n) is 5.21. The molecule has 1 aliphatic heterocycles. The third kappa shape index (κ3) is 4.68. The van der Waals surface area contributed by atoms with Gasteiger partial charge in [0.1, 0.15) is 5.82 Å². The molecule has 0 bridgehead atoms. The van der Waals surface area contributed by atoms with Crippen molar-refractivity contribution in [1.29, 1.82) is 0 Å². The summed E-state index contributed by atoms with van der Waals surface area (Å²) in [7, 11) is 0. The SMILES string of the molecule is CC(C)CCn1nnnc1[C@@H](c1ccc(F)cc1)N1CCC(C(N)=O)CC1. The van der Waals surface area contributed by atoms with E-state index in [1.807, 2.05) is 4.68 Å². The van der Waals surface area contributed by atoms with Crippen LogP contribution in [-0.4, -0.2) is 44.1 Å². The summed E-state index contributed by atoms with van der Waals surface area (Å²) < 4.78 is 15.3. The zero-order valence-electron chi connectivity index (χ0n) is 15.9. The molecule has 3 rings (SSSR count). The molecule has 0 saturated carbocycles. The van der Waals surface area contributed by atoms with Gasteiger partial charge in [-0.3, -0.25) is 9.69 Å². The first kappa shape index (κ1) is 19.4. The van der Waals surface area contributed by atoms with Gasteiger partial charge in [-0.15, -0.1) is 5.10 Å². The van der Waals surface area contributed by atoms with Gasteiger partial charge >= 0.3 is 0 Å². The number of rotatable bonds is 7. The van der Waals surface area contributed by atoms with E-state index in [0.717, 1.165) is 24.4 Å². The molecule has 1 aromatic heterocycles. The molecule has 1 fully saturated rings. The summed E-state index contributed by atoms with van der Waals surface area (Å²) in [5.74, 6) is 0.684. The van der Waals surface area contributed by atoms with E-state index in [1.165, 1.54) is 12.1 Å². The molecule has 0 aliphatic carbocycles. The van der Waals surface area contributed by atoms with Crippen molar-refractivity contribution in [2.45, 2.75) is 45.7 Å². The van der Waals surface area contributed by atoms with Crippen LogP contribution in [0.1, 0.15) is 50.5 Å². The second-order valence-corrected chi connectivity index (χ2v) is 7.61. The number of nitrogens with two attached hydrogens (primary N) is 1. The number of likely N-dealkylation sites (tertiary alicyclic amines) is 1. The molecule has 2 heterocycles. The Hall–Kier alpha value is -2.35. The van der Waals surface area contributed by atoms with Crippen molar-refractivity contribution < 1.29 is 9.18 Å². The van der Waals surface area contributed by atoms with Crippen LogP contribution in [0.25, 0.3) is 0 Å². The molecule has 146 valence electrons. The second-order valence-electron chi connectivity index (χ2n) is 7.61. The minimum Gasteiger partial charge on any atom is -0.369 e. The fraction of sp³-hybridized carbons (Fsp3) is 0.579. The number of nitrogens with zero attached hydrogens (tertiary/aromatic N) is 5. The van der Waals surface area contributed by atoms with Crippen LogP contribution in [0.15, 0.2) is 24.3 Å². The van der Waals surface area contributed by atoms with E-state index in [1.54, 1.807) is 12.1 Å². The predicted octanol–water partition coefficient (Wildman–Crippen LogP) is 2.14. The Labute approximate surface area is 158 Å². The summed E-state index contributed by atoms with van der Waals surface area (Å²) in [4.78, 5) is 13.7. The number of amides is 1. The summed E-state index contributed by atoms with van der Waals surface area (Å²) in [5, 5.41) is 12.4. The lowest BCUT2D eigenvalue weighted by molar-refractivity contribution is -0.123. The first-order valence-corrected chi connectivity index (χ1v) is 9.50. The lowest BCUT2D eigenvalue weighted by Gasteiger charge is -2.36. The molecule has 2 N–H and O–H groups in total. The highest BCUT2D eigenvalue weighted by molar-refractivity contribution is 5.76. The highest BCUT2D eigenvalue weighted by atomic mass is 19.1. The van der Waals surface area contributed by atoms with Crippen molar-refractivity contribution in [2.24, 2.45) is 17.6 Å². The molecule has 0 radical (unpaired) electrons. The number of halogens is 1. The number of tetrazole rings is 1. The number of piperidine rings is 1. The highest BCUT2D eigenvalue weighted by Gasteiger charge is 2.32. The fourth-order valence-corrected chi connectivity index (χ4v) is 3.56. The first-order chi connectivity index (χ1) is 13.0. The number of hydrogen-bond acceptors (Lipinski definition) is 5. The molecule has 1 saturated heterocycles. The Bertz CT molecular complexity index is 752.